The standard InChI is InChI=1S/C20H20FN5O2/c1-3-14(4-2)26-20-16(17(21)24-26)19(25-8-10-28-11-9-25)22-18(23-20)13-6-5-7-15(27)12-13/h3-7,12,27H,1,8-11H2,2H3/b14-4+. The zero-order chi connectivity index (χ0) is 19.7. The zero-order valence-electron chi connectivity index (χ0n) is 15.5. The molecule has 1 aliphatic heterocycles. The van der Waals surface area contributed by atoms with E-state index in [2.05, 4.69) is 21.6 Å². The zero-order valence-corrected chi connectivity index (χ0v) is 15.5. The van der Waals surface area contributed by atoms with Crippen LogP contribution in [0.4, 0.5) is 10.2 Å². The number of ether oxygens (including phenoxy) is 1. The number of allylic oxidation sites excluding steroid dienone is 3. The first-order chi connectivity index (χ1) is 13.6. The summed E-state index contributed by atoms with van der Waals surface area (Å²) in [6, 6.07) is 6.66. The average Bonchev–Trinajstić information content (AvgIpc) is 3.05. The lowest BCUT2D eigenvalue weighted by Gasteiger charge is -2.28. The topological polar surface area (TPSA) is 76.3 Å². The molecule has 0 amide bonds. The van der Waals surface area contributed by atoms with Gasteiger partial charge in [-0.15, -0.1) is 5.10 Å². The summed E-state index contributed by atoms with van der Waals surface area (Å²) in [6.07, 6.45) is 3.37. The van der Waals surface area contributed by atoms with Gasteiger partial charge >= 0.3 is 0 Å². The largest absolute Gasteiger partial charge is 0.508 e. The Hall–Kier alpha value is -3.26. The van der Waals surface area contributed by atoms with Gasteiger partial charge in [0, 0.05) is 18.7 Å². The number of phenols is 1. The highest BCUT2D eigenvalue weighted by molar-refractivity contribution is 5.91. The Morgan fingerprint density at radius 2 is 2.07 bits per heavy atom. The molecule has 28 heavy (non-hydrogen) atoms. The van der Waals surface area contributed by atoms with Crippen molar-refractivity contribution in [3.63, 3.8) is 0 Å². The van der Waals surface area contributed by atoms with Crippen LogP contribution in [0.2, 0.25) is 0 Å². The predicted octanol–water partition coefficient (Wildman–Crippen LogP) is 3.22. The molecule has 1 aromatic carbocycles. The van der Waals surface area contributed by atoms with Crippen molar-refractivity contribution in [3.05, 3.63) is 48.9 Å². The van der Waals surface area contributed by atoms with Crippen LogP contribution in [0.25, 0.3) is 28.1 Å². The SMILES string of the molecule is C=C/C(=C\C)n1nc(F)c2c(N3CCOCC3)nc(-c3cccc(O)c3)nc21. The van der Waals surface area contributed by atoms with Gasteiger partial charge in [0.2, 0.25) is 5.95 Å². The van der Waals surface area contributed by atoms with Gasteiger partial charge in [-0.2, -0.15) is 4.39 Å². The van der Waals surface area contributed by atoms with Crippen LogP contribution in [0, 0.1) is 5.95 Å². The highest BCUT2D eigenvalue weighted by Gasteiger charge is 2.25. The summed E-state index contributed by atoms with van der Waals surface area (Å²) in [7, 11) is 0. The molecule has 3 aromatic rings. The minimum atomic E-state index is -0.639. The molecule has 8 heteroatoms. The third-order valence-electron chi connectivity index (χ3n) is 4.63. The van der Waals surface area contributed by atoms with Gasteiger partial charge < -0.3 is 14.7 Å². The van der Waals surface area contributed by atoms with Crippen LogP contribution in [-0.4, -0.2) is 51.2 Å². The second-order valence-corrected chi connectivity index (χ2v) is 6.34. The molecule has 0 atom stereocenters. The van der Waals surface area contributed by atoms with Crippen LogP contribution < -0.4 is 4.90 Å². The van der Waals surface area contributed by atoms with Crippen molar-refractivity contribution in [2.24, 2.45) is 0 Å². The number of aromatic hydroxyl groups is 1. The molecular weight excluding hydrogens is 361 g/mol. The van der Waals surface area contributed by atoms with Gasteiger partial charge in [0.15, 0.2) is 11.5 Å². The number of benzene rings is 1. The fourth-order valence-corrected chi connectivity index (χ4v) is 3.25. The summed E-state index contributed by atoms with van der Waals surface area (Å²) in [5, 5.41) is 14.1. The molecule has 0 radical (unpaired) electrons. The van der Waals surface area contributed by atoms with Crippen LogP contribution >= 0.6 is 0 Å². The van der Waals surface area contributed by atoms with E-state index in [-0.39, 0.29) is 11.1 Å². The summed E-state index contributed by atoms with van der Waals surface area (Å²) in [5.74, 6) is 0.314. The van der Waals surface area contributed by atoms with E-state index >= 15 is 0 Å². The lowest BCUT2D eigenvalue weighted by molar-refractivity contribution is 0.122. The number of aromatic nitrogens is 4. The Kier molecular flexibility index (Phi) is 4.79. The Morgan fingerprint density at radius 1 is 1.29 bits per heavy atom. The maximum Gasteiger partial charge on any atom is 0.246 e. The quantitative estimate of drug-likeness (QED) is 0.700. The Morgan fingerprint density at radius 3 is 2.75 bits per heavy atom. The van der Waals surface area contributed by atoms with E-state index < -0.39 is 5.95 Å². The third-order valence-corrected chi connectivity index (χ3v) is 4.63. The Balaban J connectivity index is 2.01. The van der Waals surface area contributed by atoms with Gasteiger partial charge in [0.1, 0.15) is 17.0 Å². The molecule has 0 bridgehead atoms. The van der Waals surface area contributed by atoms with Crippen molar-refractivity contribution >= 4 is 22.5 Å². The molecule has 1 aliphatic rings. The van der Waals surface area contributed by atoms with Crippen molar-refractivity contribution in [1.29, 1.82) is 0 Å². The first-order valence-corrected chi connectivity index (χ1v) is 9.00. The lowest BCUT2D eigenvalue weighted by Crippen LogP contribution is -2.37. The van der Waals surface area contributed by atoms with Crippen LogP contribution in [0.5, 0.6) is 5.75 Å². The molecule has 1 saturated heterocycles. The summed E-state index contributed by atoms with van der Waals surface area (Å²) in [4.78, 5) is 11.2. The first-order valence-electron chi connectivity index (χ1n) is 9.00. The third kappa shape index (κ3) is 3.11. The van der Waals surface area contributed by atoms with E-state index in [1.165, 1.54) is 4.68 Å². The fourth-order valence-electron chi connectivity index (χ4n) is 3.25. The molecule has 1 fully saturated rings. The molecule has 1 N–H and O–H groups in total. The summed E-state index contributed by atoms with van der Waals surface area (Å²) >= 11 is 0. The highest BCUT2D eigenvalue weighted by Crippen LogP contribution is 2.32. The number of nitrogens with zero attached hydrogens (tertiary/aromatic N) is 5. The number of fused-ring (bicyclic) bond motifs is 1. The van der Waals surface area contributed by atoms with E-state index in [1.807, 2.05) is 11.8 Å². The van der Waals surface area contributed by atoms with Crippen LogP contribution in [0.3, 0.4) is 0 Å². The lowest BCUT2D eigenvalue weighted by atomic mass is 10.2. The van der Waals surface area contributed by atoms with Gasteiger partial charge in [-0.1, -0.05) is 24.8 Å². The second-order valence-electron chi connectivity index (χ2n) is 6.34. The Labute approximate surface area is 161 Å². The van der Waals surface area contributed by atoms with Gasteiger partial charge in [-0.05, 0) is 25.1 Å². The molecule has 0 unspecified atom stereocenters. The minimum absolute atomic E-state index is 0.106. The van der Waals surface area contributed by atoms with Crippen molar-refractivity contribution < 1.29 is 14.2 Å². The van der Waals surface area contributed by atoms with E-state index in [9.17, 15) is 9.50 Å². The van der Waals surface area contributed by atoms with Crippen molar-refractivity contribution in [3.8, 4) is 17.1 Å². The van der Waals surface area contributed by atoms with Gasteiger partial charge in [-0.3, -0.25) is 0 Å². The molecule has 3 heterocycles. The van der Waals surface area contributed by atoms with E-state index in [0.717, 1.165) is 0 Å². The monoisotopic (exact) mass is 381 g/mol. The number of halogens is 1. The molecule has 0 aliphatic carbocycles. The van der Waals surface area contributed by atoms with Gasteiger partial charge in [0.25, 0.3) is 0 Å². The van der Waals surface area contributed by atoms with Crippen LogP contribution in [0.15, 0.2) is 43.0 Å². The molecule has 4 rings (SSSR count). The van der Waals surface area contributed by atoms with E-state index in [0.29, 0.717) is 54.9 Å². The minimum Gasteiger partial charge on any atom is -0.508 e. The molecule has 0 saturated carbocycles. The first kappa shape index (κ1) is 18.1. The van der Waals surface area contributed by atoms with E-state index in [4.69, 9.17) is 4.74 Å². The van der Waals surface area contributed by atoms with Crippen molar-refractivity contribution in [2.75, 3.05) is 31.2 Å². The summed E-state index contributed by atoms with van der Waals surface area (Å²) < 4.78 is 21.7. The molecule has 144 valence electrons. The Bertz CT molecular complexity index is 1070. The number of hydrogen-bond donors (Lipinski definition) is 1. The van der Waals surface area contributed by atoms with Crippen LogP contribution in [-0.2, 0) is 4.74 Å². The number of anilines is 1. The summed E-state index contributed by atoms with van der Waals surface area (Å²) in [5.41, 5.74) is 1.59. The fraction of sp³-hybridized carbons (Fsp3) is 0.250. The molecular formula is C20H20FN5O2. The number of rotatable bonds is 4. The molecule has 7 nitrogen and oxygen atoms in total. The van der Waals surface area contributed by atoms with Crippen LogP contribution in [0.1, 0.15) is 6.92 Å². The molecule has 2 aromatic heterocycles. The summed E-state index contributed by atoms with van der Waals surface area (Å²) in [6.45, 7) is 7.85. The van der Waals surface area contributed by atoms with Crippen molar-refractivity contribution in [2.45, 2.75) is 6.92 Å². The second kappa shape index (κ2) is 7.40. The number of morpholine rings is 1. The number of phenolic OH excluding ortho intramolecular Hbond substituents is 1. The maximum absolute atomic E-state index is 14.9. The normalized spacial score (nSPS) is 15.2. The molecule has 0 spiro atoms. The van der Waals surface area contributed by atoms with E-state index in [1.54, 1.807) is 36.4 Å². The van der Waals surface area contributed by atoms with Crippen molar-refractivity contribution in [1.82, 2.24) is 19.7 Å². The average molecular weight is 381 g/mol. The highest BCUT2D eigenvalue weighted by atomic mass is 19.1. The maximum atomic E-state index is 14.9. The van der Waals surface area contributed by atoms with Gasteiger partial charge in [0.05, 0.1) is 18.9 Å². The predicted molar refractivity (Wildman–Crippen MR) is 106 cm³/mol. The smallest absolute Gasteiger partial charge is 0.246 e. The number of hydrogen-bond acceptors (Lipinski definition) is 6. The van der Waals surface area contributed by atoms with Gasteiger partial charge in [-0.25, -0.2) is 14.6 Å².